The highest BCUT2D eigenvalue weighted by Crippen LogP contribution is 1.96. The van der Waals surface area contributed by atoms with Crippen LogP contribution < -0.4 is 4.74 Å². The summed E-state index contributed by atoms with van der Waals surface area (Å²) in [7, 11) is 1.54. The molecular weight excluding hydrogens is 104 g/mol. The van der Waals surface area contributed by atoms with Gasteiger partial charge in [0.1, 0.15) is 0 Å². The lowest BCUT2D eigenvalue weighted by atomic mass is 10.6. The number of nitrogens with zero attached hydrogens (tertiary/aromatic N) is 2. The minimum absolute atomic E-state index is 0.493. The number of aromatic nitrogens is 2. The first kappa shape index (κ1) is 5.03. The van der Waals surface area contributed by atoms with Gasteiger partial charge in [-0.05, 0) is 0 Å². The molecular formula is C5H5N2O. The Labute approximate surface area is 47.3 Å². The van der Waals surface area contributed by atoms with Crippen molar-refractivity contribution in [3.05, 3.63) is 18.3 Å². The van der Waals surface area contributed by atoms with Crippen molar-refractivity contribution < 1.29 is 4.74 Å². The number of hydrogen-bond donors (Lipinski definition) is 0. The first-order chi connectivity index (χ1) is 3.93. The van der Waals surface area contributed by atoms with Crippen LogP contribution in [0.4, 0.5) is 0 Å². The van der Waals surface area contributed by atoms with E-state index in [1.165, 1.54) is 13.3 Å². The maximum atomic E-state index is 4.71. The van der Waals surface area contributed by atoms with Gasteiger partial charge in [0.2, 0.25) is 5.88 Å². The molecule has 41 valence electrons. The summed E-state index contributed by atoms with van der Waals surface area (Å²) in [4.78, 5) is 0. The third-order valence-corrected chi connectivity index (χ3v) is 0.705. The summed E-state index contributed by atoms with van der Waals surface area (Å²) in [6.07, 6.45) is 1.47. The second kappa shape index (κ2) is 2.26. The lowest BCUT2D eigenvalue weighted by Crippen LogP contribution is -1.87. The Kier molecular flexibility index (Phi) is 1.42. The van der Waals surface area contributed by atoms with Crippen LogP contribution in [0, 0.1) is 6.07 Å². The molecule has 0 fully saturated rings. The zero-order chi connectivity index (χ0) is 5.82. The molecule has 0 amide bonds. The van der Waals surface area contributed by atoms with Gasteiger partial charge in [-0.2, -0.15) is 5.10 Å². The molecule has 0 aliphatic carbocycles. The summed E-state index contributed by atoms with van der Waals surface area (Å²) in [6, 6.07) is 4.33. The molecule has 0 aliphatic rings. The topological polar surface area (TPSA) is 35.0 Å². The smallest absolute Gasteiger partial charge is 0.233 e. The van der Waals surface area contributed by atoms with Gasteiger partial charge in [-0.3, -0.25) is 0 Å². The van der Waals surface area contributed by atoms with E-state index in [9.17, 15) is 0 Å². The van der Waals surface area contributed by atoms with Crippen molar-refractivity contribution in [2.24, 2.45) is 0 Å². The third-order valence-electron chi connectivity index (χ3n) is 0.705. The van der Waals surface area contributed by atoms with Gasteiger partial charge in [0.25, 0.3) is 0 Å². The van der Waals surface area contributed by atoms with Crippen molar-refractivity contribution in [3.63, 3.8) is 0 Å². The summed E-state index contributed by atoms with van der Waals surface area (Å²) >= 11 is 0. The van der Waals surface area contributed by atoms with Gasteiger partial charge in [-0.25, -0.2) is 0 Å². The average molecular weight is 109 g/mol. The van der Waals surface area contributed by atoms with Crippen molar-refractivity contribution >= 4 is 0 Å². The van der Waals surface area contributed by atoms with Gasteiger partial charge < -0.3 is 4.74 Å². The zero-order valence-corrected chi connectivity index (χ0v) is 4.46. The SMILES string of the molecule is COc1c[c]cnn1. The Morgan fingerprint density at radius 3 is 3.00 bits per heavy atom. The van der Waals surface area contributed by atoms with Crippen LogP contribution in [0.1, 0.15) is 0 Å². The molecule has 0 saturated carbocycles. The molecule has 0 unspecified atom stereocenters. The standard InChI is InChI=1S/C5H5N2O/c1-8-5-3-2-4-6-7-5/h3-4H,1H3. The van der Waals surface area contributed by atoms with Gasteiger partial charge in [0.15, 0.2) is 0 Å². The summed E-state index contributed by atoms with van der Waals surface area (Å²) in [5.41, 5.74) is 0. The summed E-state index contributed by atoms with van der Waals surface area (Å²) < 4.78 is 4.71. The van der Waals surface area contributed by atoms with E-state index in [0.29, 0.717) is 5.88 Å². The second-order valence-electron chi connectivity index (χ2n) is 1.20. The van der Waals surface area contributed by atoms with Crippen LogP contribution in [0.5, 0.6) is 5.88 Å². The fourth-order valence-electron chi connectivity index (χ4n) is 0.356. The van der Waals surface area contributed by atoms with Gasteiger partial charge in [0, 0.05) is 12.1 Å². The van der Waals surface area contributed by atoms with Gasteiger partial charge in [-0.1, -0.05) is 0 Å². The molecule has 1 aromatic rings. The molecule has 0 aliphatic heterocycles. The Hall–Kier alpha value is -1.12. The fourth-order valence-corrected chi connectivity index (χ4v) is 0.356. The summed E-state index contributed by atoms with van der Waals surface area (Å²) in [5, 5.41) is 7.12. The molecule has 8 heavy (non-hydrogen) atoms. The number of methoxy groups -OCH3 is 1. The molecule has 0 aromatic carbocycles. The Morgan fingerprint density at radius 1 is 1.75 bits per heavy atom. The average Bonchev–Trinajstić information content (AvgIpc) is 1.90. The van der Waals surface area contributed by atoms with Crippen LogP contribution >= 0.6 is 0 Å². The second-order valence-corrected chi connectivity index (χ2v) is 1.20. The highest BCUT2D eigenvalue weighted by Gasteiger charge is 1.84. The van der Waals surface area contributed by atoms with E-state index in [-0.39, 0.29) is 0 Å². The third kappa shape index (κ3) is 0.932. The lowest BCUT2D eigenvalue weighted by molar-refractivity contribution is 0.392. The van der Waals surface area contributed by atoms with Crippen LogP contribution in [-0.4, -0.2) is 17.3 Å². The summed E-state index contributed by atoms with van der Waals surface area (Å²) in [5.74, 6) is 0.493. The lowest BCUT2D eigenvalue weighted by Gasteiger charge is -1.90. The van der Waals surface area contributed by atoms with E-state index < -0.39 is 0 Å². The quantitative estimate of drug-likeness (QED) is 0.519. The van der Waals surface area contributed by atoms with Crippen LogP contribution in [0.15, 0.2) is 12.3 Å². The number of ether oxygens (including phenoxy) is 1. The molecule has 0 saturated heterocycles. The highest BCUT2D eigenvalue weighted by molar-refractivity contribution is 5.03. The molecule has 3 heteroatoms. The Morgan fingerprint density at radius 2 is 2.62 bits per heavy atom. The number of hydrogen-bond acceptors (Lipinski definition) is 3. The normalized spacial score (nSPS) is 8.62. The van der Waals surface area contributed by atoms with Gasteiger partial charge in [0.05, 0.1) is 13.3 Å². The first-order valence-electron chi connectivity index (χ1n) is 2.16. The van der Waals surface area contributed by atoms with E-state index in [0.717, 1.165) is 0 Å². The monoisotopic (exact) mass is 109 g/mol. The maximum absolute atomic E-state index is 4.71. The zero-order valence-electron chi connectivity index (χ0n) is 4.46. The van der Waals surface area contributed by atoms with Crippen molar-refractivity contribution in [2.45, 2.75) is 0 Å². The minimum atomic E-state index is 0.493. The van der Waals surface area contributed by atoms with Crippen molar-refractivity contribution in [1.82, 2.24) is 10.2 Å². The van der Waals surface area contributed by atoms with Gasteiger partial charge in [-0.15, -0.1) is 5.10 Å². The maximum Gasteiger partial charge on any atom is 0.233 e. The molecule has 0 spiro atoms. The van der Waals surface area contributed by atoms with Crippen molar-refractivity contribution in [1.29, 1.82) is 0 Å². The van der Waals surface area contributed by atoms with Crippen LogP contribution in [0.2, 0.25) is 0 Å². The molecule has 3 nitrogen and oxygen atoms in total. The predicted octanol–water partition coefficient (Wildman–Crippen LogP) is 0.285. The first-order valence-corrected chi connectivity index (χ1v) is 2.16. The van der Waals surface area contributed by atoms with Crippen molar-refractivity contribution in [3.8, 4) is 5.88 Å². The Bertz CT molecular complexity index is 152. The van der Waals surface area contributed by atoms with E-state index in [1.807, 2.05) is 0 Å². The molecule has 1 aromatic heterocycles. The molecule has 1 heterocycles. The van der Waals surface area contributed by atoms with E-state index >= 15 is 0 Å². The van der Waals surface area contributed by atoms with Crippen LogP contribution in [0.3, 0.4) is 0 Å². The van der Waals surface area contributed by atoms with Gasteiger partial charge >= 0.3 is 0 Å². The largest absolute Gasteiger partial charge is 0.480 e. The van der Waals surface area contributed by atoms with E-state index in [1.54, 1.807) is 6.07 Å². The van der Waals surface area contributed by atoms with Crippen LogP contribution in [0.25, 0.3) is 0 Å². The Balaban J connectivity index is 2.83. The van der Waals surface area contributed by atoms with Crippen LogP contribution in [-0.2, 0) is 0 Å². The fraction of sp³-hybridized carbons (Fsp3) is 0.200. The van der Waals surface area contributed by atoms with E-state index in [4.69, 9.17) is 4.74 Å². The van der Waals surface area contributed by atoms with Crippen molar-refractivity contribution in [2.75, 3.05) is 7.11 Å². The molecule has 1 radical (unpaired) electrons. The minimum Gasteiger partial charge on any atom is -0.480 e. The molecule has 1 rings (SSSR count). The predicted molar refractivity (Wildman–Crippen MR) is 27.4 cm³/mol. The molecule has 0 N–H and O–H groups in total. The number of rotatable bonds is 1. The molecule has 0 atom stereocenters. The molecule has 0 bridgehead atoms. The highest BCUT2D eigenvalue weighted by atomic mass is 16.5. The summed E-state index contributed by atoms with van der Waals surface area (Å²) in [6.45, 7) is 0. The van der Waals surface area contributed by atoms with E-state index in [2.05, 4.69) is 16.3 Å².